The second-order valence-electron chi connectivity index (χ2n) is 5.39. The van der Waals surface area contributed by atoms with Gasteiger partial charge in [0, 0.05) is 23.6 Å². The quantitative estimate of drug-likeness (QED) is 0.726. The number of aromatic nitrogens is 3. The molecule has 0 aliphatic rings. The van der Waals surface area contributed by atoms with Crippen molar-refractivity contribution in [3.05, 3.63) is 34.9 Å². The van der Waals surface area contributed by atoms with Crippen molar-refractivity contribution in [2.24, 2.45) is 0 Å². The van der Waals surface area contributed by atoms with Crippen LogP contribution in [-0.4, -0.2) is 23.2 Å². The fourth-order valence-corrected chi connectivity index (χ4v) is 3.57. The standard InChI is InChI=1S/C14H15BrN4O3S/c1-8(2)19-7-11(6-16-19)23(20,21)18-13-5-10(15)4-12-14(13)22-9(3)17-12/h4-8,18H,1-3H3. The molecule has 0 fully saturated rings. The molecule has 0 saturated carbocycles. The average Bonchev–Trinajstić information content (AvgIpc) is 3.04. The molecule has 0 bridgehead atoms. The molecule has 0 atom stereocenters. The number of halogens is 1. The molecular formula is C14H15BrN4O3S. The number of rotatable bonds is 4. The zero-order valence-corrected chi connectivity index (χ0v) is 15.1. The van der Waals surface area contributed by atoms with E-state index in [-0.39, 0.29) is 10.9 Å². The summed E-state index contributed by atoms with van der Waals surface area (Å²) in [6, 6.07) is 3.48. The summed E-state index contributed by atoms with van der Waals surface area (Å²) in [6.07, 6.45) is 2.82. The predicted molar refractivity (Wildman–Crippen MR) is 89.9 cm³/mol. The van der Waals surface area contributed by atoms with E-state index in [4.69, 9.17) is 4.42 Å². The lowest BCUT2D eigenvalue weighted by molar-refractivity contribution is 0.531. The van der Waals surface area contributed by atoms with Gasteiger partial charge in [-0.25, -0.2) is 13.4 Å². The van der Waals surface area contributed by atoms with Crippen LogP contribution in [0.15, 0.2) is 38.3 Å². The number of sulfonamides is 1. The predicted octanol–water partition coefficient (Wildman–Crippen LogP) is 3.48. The van der Waals surface area contributed by atoms with Gasteiger partial charge in [0.15, 0.2) is 11.5 Å². The zero-order valence-electron chi connectivity index (χ0n) is 12.7. The van der Waals surface area contributed by atoms with Crippen molar-refractivity contribution < 1.29 is 12.8 Å². The zero-order chi connectivity index (χ0) is 16.8. The van der Waals surface area contributed by atoms with Crippen LogP contribution in [0.4, 0.5) is 5.69 Å². The average molecular weight is 399 g/mol. The Labute approximate surface area is 141 Å². The van der Waals surface area contributed by atoms with E-state index in [9.17, 15) is 8.42 Å². The van der Waals surface area contributed by atoms with Crippen LogP contribution in [0, 0.1) is 6.92 Å². The molecular weight excluding hydrogens is 384 g/mol. The molecule has 1 N–H and O–H groups in total. The number of benzene rings is 1. The van der Waals surface area contributed by atoms with E-state index in [1.54, 1.807) is 23.7 Å². The van der Waals surface area contributed by atoms with E-state index < -0.39 is 10.0 Å². The van der Waals surface area contributed by atoms with Gasteiger partial charge >= 0.3 is 0 Å². The minimum Gasteiger partial charge on any atom is -0.439 e. The van der Waals surface area contributed by atoms with Crippen molar-refractivity contribution in [3.63, 3.8) is 0 Å². The third-order valence-electron chi connectivity index (χ3n) is 3.22. The van der Waals surface area contributed by atoms with Gasteiger partial charge in [-0.2, -0.15) is 5.10 Å². The van der Waals surface area contributed by atoms with Crippen LogP contribution in [0.5, 0.6) is 0 Å². The lowest BCUT2D eigenvalue weighted by Gasteiger charge is -2.07. The Kier molecular flexibility index (Phi) is 3.93. The monoisotopic (exact) mass is 398 g/mol. The Hall–Kier alpha value is -1.87. The number of hydrogen-bond donors (Lipinski definition) is 1. The molecule has 7 nitrogen and oxygen atoms in total. The highest BCUT2D eigenvalue weighted by atomic mass is 79.9. The van der Waals surface area contributed by atoms with Crippen molar-refractivity contribution in [1.82, 2.24) is 14.8 Å². The number of oxazole rings is 1. The van der Waals surface area contributed by atoms with Crippen LogP contribution in [0.25, 0.3) is 11.1 Å². The maximum absolute atomic E-state index is 12.6. The summed E-state index contributed by atoms with van der Waals surface area (Å²) < 4.78 is 35.4. The number of aryl methyl sites for hydroxylation is 1. The van der Waals surface area contributed by atoms with Gasteiger partial charge in [0.05, 0.1) is 11.9 Å². The van der Waals surface area contributed by atoms with Crippen molar-refractivity contribution in [1.29, 1.82) is 0 Å². The smallest absolute Gasteiger partial charge is 0.265 e. The van der Waals surface area contributed by atoms with Gasteiger partial charge in [0.2, 0.25) is 0 Å². The Balaban J connectivity index is 2.03. The van der Waals surface area contributed by atoms with E-state index in [0.717, 1.165) is 0 Å². The highest BCUT2D eigenvalue weighted by Gasteiger charge is 2.20. The molecule has 0 radical (unpaired) electrons. The maximum atomic E-state index is 12.6. The number of nitrogens with one attached hydrogen (secondary N) is 1. The summed E-state index contributed by atoms with van der Waals surface area (Å²) in [6.45, 7) is 5.55. The van der Waals surface area contributed by atoms with Crippen LogP contribution < -0.4 is 4.72 Å². The van der Waals surface area contributed by atoms with E-state index in [0.29, 0.717) is 27.2 Å². The van der Waals surface area contributed by atoms with Gasteiger partial charge in [-0.05, 0) is 26.0 Å². The van der Waals surface area contributed by atoms with Crippen LogP contribution in [0.1, 0.15) is 25.8 Å². The van der Waals surface area contributed by atoms with E-state index in [2.05, 4.69) is 30.7 Å². The number of fused-ring (bicyclic) bond motifs is 1. The Morgan fingerprint density at radius 3 is 2.74 bits per heavy atom. The molecule has 3 aromatic rings. The van der Waals surface area contributed by atoms with Crippen molar-refractivity contribution in [3.8, 4) is 0 Å². The first kappa shape index (κ1) is 16.0. The highest BCUT2D eigenvalue weighted by Crippen LogP contribution is 2.30. The van der Waals surface area contributed by atoms with Crippen LogP contribution in [-0.2, 0) is 10.0 Å². The second-order valence-corrected chi connectivity index (χ2v) is 7.99. The van der Waals surface area contributed by atoms with Crippen LogP contribution in [0.2, 0.25) is 0 Å². The fraction of sp³-hybridized carbons (Fsp3) is 0.286. The lowest BCUT2D eigenvalue weighted by Crippen LogP contribution is -2.12. The Morgan fingerprint density at radius 2 is 2.09 bits per heavy atom. The summed E-state index contributed by atoms with van der Waals surface area (Å²) in [5, 5.41) is 4.06. The van der Waals surface area contributed by atoms with E-state index in [1.165, 1.54) is 12.4 Å². The molecule has 0 aliphatic heterocycles. The summed E-state index contributed by atoms with van der Waals surface area (Å²) in [4.78, 5) is 4.31. The van der Waals surface area contributed by atoms with Gasteiger partial charge in [0.1, 0.15) is 10.4 Å². The molecule has 122 valence electrons. The molecule has 0 spiro atoms. The summed E-state index contributed by atoms with van der Waals surface area (Å²) in [5.74, 6) is 0.464. The summed E-state index contributed by atoms with van der Waals surface area (Å²) in [7, 11) is -3.77. The molecule has 1 aromatic carbocycles. The molecule has 23 heavy (non-hydrogen) atoms. The fourth-order valence-electron chi connectivity index (χ4n) is 2.13. The number of anilines is 1. The highest BCUT2D eigenvalue weighted by molar-refractivity contribution is 9.10. The third kappa shape index (κ3) is 3.11. The molecule has 0 amide bonds. The minimum atomic E-state index is -3.77. The Bertz CT molecular complexity index is 975. The van der Waals surface area contributed by atoms with Crippen LogP contribution in [0.3, 0.4) is 0 Å². The first-order valence-electron chi connectivity index (χ1n) is 6.90. The second kappa shape index (κ2) is 5.64. The van der Waals surface area contributed by atoms with Gasteiger partial charge < -0.3 is 4.42 Å². The van der Waals surface area contributed by atoms with Gasteiger partial charge in [-0.15, -0.1) is 0 Å². The first-order chi connectivity index (χ1) is 10.8. The van der Waals surface area contributed by atoms with E-state index in [1.807, 2.05) is 13.8 Å². The van der Waals surface area contributed by atoms with Crippen molar-refractivity contribution in [2.45, 2.75) is 31.7 Å². The molecule has 0 aliphatic carbocycles. The van der Waals surface area contributed by atoms with E-state index >= 15 is 0 Å². The Morgan fingerprint density at radius 1 is 1.35 bits per heavy atom. The minimum absolute atomic E-state index is 0.0773. The molecule has 2 heterocycles. The molecule has 0 unspecified atom stereocenters. The van der Waals surface area contributed by atoms with Gasteiger partial charge in [-0.3, -0.25) is 9.40 Å². The summed E-state index contributed by atoms with van der Waals surface area (Å²) >= 11 is 3.35. The first-order valence-corrected chi connectivity index (χ1v) is 9.17. The molecule has 9 heteroatoms. The van der Waals surface area contributed by atoms with Crippen molar-refractivity contribution >= 4 is 42.7 Å². The maximum Gasteiger partial charge on any atom is 0.265 e. The number of nitrogens with zero attached hydrogens (tertiary/aromatic N) is 3. The molecule has 0 saturated heterocycles. The van der Waals surface area contributed by atoms with Crippen molar-refractivity contribution in [2.75, 3.05) is 4.72 Å². The van der Waals surface area contributed by atoms with Crippen LogP contribution >= 0.6 is 15.9 Å². The largest absolute Gasteiger partial charge is 0.439 e. The summed E-state index contributed by atoms with van der Waals surface area (Å²) in [5.41, 5.74) is 1.30. The number of hydrogen-bond acceptors (Lipinski definition) is 5. The molecule has 3 rings (SSSR count). The normalized spacial score (nSPS) is 12.2. The van der Waals surface area contributed by atoms with Gasteiger partial charge in [-0.1, -0.05) is 15.9 Å². The lowest BCUT2D eigenvalue weighted by atomic mass is 10.3. The van der Waals surface area contributed by atoms with Gasteiger partial charge in [0.25, 0.3) is 10.0 Å². The topological polar surface area (TPSA) is 90.0 Å². The molecule has 2 aromatic heterocycles. The third-order valence-corrected chi connectivity index (χ3v) is 5.00. The SMILES string of the molecule is Cc1nc2cc(Br)cc(NS(=O)(=O)c3cnn(C(C)C)c3)c2o1.